The molecule has 1 aliphatic rings. The smallest absolute Gasteiger partial charge is 0.329 e. The van der Waals surface area contributed by atoms with Crippen molar-refractivity contribution in [1.82, 2.24) is 10.3 Å². The first kappa shape index (κ1) is 15.5. The molecule has 21 heavy (non-hydrogen) atoms. The normalized spacial score (nSPS) is 16.2. The van der Waals surface area contributed by atoms with Gasteiger partial charge in [0, 0.05) is 18.1 Å². The third kappa shape index (κ3) is 4.56. The average Bonchev–Trinajstić information content (AvgIpc) is 2.49. The highest BCUT2D eigenvalue weighted by molar-refractivity contribution is 6.35. The minimum absolute atomic E-state index is 0.518. The standard InChI is InChI=1S/C15H18ClN3O2/c1-11-6-8-19(9-7-11)15(21)14(20)18-17-10-12-2-4-13(16)5-3-12/h2-5,10-11H,6-9H2,1H3,(H,18,20)/b17-10+. The zero-order chi connectivity index (χ0) is 15.2. The lowest BCUT2D eigenvalue weighted by Gasteiger charge is -2.29. The van der Waals surface area contributed by atoms with E-state index in [1.165, 1.54) is 6.21 Å². The van der Waals surface area contributed by atoms with Crippen molar-refractivity contribution < 1.29 is 9.59 Å². The van der Waals surface area contributed by atoms with E-state index in [-0.39, 0.29) is 0 Å². The molecule has 1 aromatic rings. The second kappa shape index (κ2) is 7.22. The second-order valence-corrected chi connectivity index (χ2v) is 5.66. The van der Waals surface area contributed by atoms with Crippen molar-refractivity contribution in [2.45, 2.75) is 19.8 Å². The highest BCUT2D eigenvalue weighted by Crippen LogP contribution is 2.15. The predicted octanol–water partition coefficient (Wildman–Crippen LogP) is 2.05. The third-order valence-electron chi connectivity index (χ3n) is 3.51. The summed E-state index contributed by atoms with van der Waals surface area (Å²) in [7, 11) is 0. The molecule has 1 saturated heterocycles. The Balaban J connectivity index is 1.83. The number of hydrogen-bond acceptors (Lipinski definition) is 3. The Morgan fingerprint density at radius 1 is 1.29 bits per heavy atom. The van der Waals surface area contributed by atoms with Gasteiger partial charge in [0.1, 0.15) is 0 Å². The minimum atomic E-state index is -0.699. The van der Waals surface area contributed by atoms with Crippen molar-refractivity contribution in [1.29, 1.82) is 0 Å². The molecule has 0 aromatic heterocycles. The molecule has 1 aromatic carbocycles. The largest absolute Gasteiger partial charge is 0.334 e. The maximum Gasteiger partial charge on any atom is 0.329 e. The van der Waals surface area contributed by atoms with Crippen molar-refractivity contribution in [3.05, 3.63) is 34.9 Å². The lowest BCUT2D eigenvalue weighted by molar-refractivity contribution is -0.146. The van der Waals surface area contributed by atoms with Gasteiger partial charge in [-0.1, -0.05) is 30.7 Å². The molecule has 1 aliphatic heterocycles. The summed E-state index contributed by atoms with van der Waals surface area (Å²) in [4.78, 5) is 25.2. The van der Waals surface area contributed by atoms with E-state index in [1.807, 2.05) is 0 Å². The van der Waals surface area contributed by atoms with Crippen molar-refractivity contribution in [3.63, 3.8) is 0 Å². The van der Waals surface area contributed by atoms with Crippen LogP contribution in [0.2, 0.25) is 5.02 Å². The van der Waals surface area contributed by atoms with Crippen LogP contribution in [0.3, 0.4) is 0 Å². The molecule has 2 amide bonds. The molecule has 2 rings (SSSR count). The van der Waals surface area contributed by atoms with Gasteiger partial charge in [0.2, 0.25) is 0 Å². The van der Waals surface area contributed by atoms with Crippen LogP contribution < -0.4 is 5.43 Å². The van der Waals surface area contributed by atoms with Crippen molar-refractivity contribution in [2.24, 2.45) is 11.0 Å². The van der Waals surface area contributed by atoms with Crippen LogP contribution in [0.5, 0.6) is 0 Å². The van der Waals surface area contributed by atoms with Crippen molar-refractivity contribution >= 4 is 29.6 Å². The summed E-state index contributed by atoms with van der Waals surface area (Å²) in [6, 6.07) is 6.99. The number of nitrogens with zero attached hydrogens (tertiary/aromatic N) is 2. The predicted molar refractivity (Wildman–Crippen MR) is 82.2 cm³/mol. The number of rotatable bonds is 2. The number of hydrazone groups is 1. The maximum atomic E-state index is 11.9. The van der Waals surface area contributed by atoms with Gasteiger partial charge in [-0.05, 0) is 36.5 Å². The van der Waals surface area contributed by atoms with Crippen molar-refractivity contribution in [2.75, 3.05) is 13.1 Å². The first-order valence-electron chi connectivity index (χ1n) is 6.94. The second-order valence-electron chi connectivity index (χ2n) is 5.23. The van der Waals surface area contributed by atoms with Crippen LogP contribution in [-0.2, 0) is 9.59 Å². The van der Waals surface area contributed by atoms with Crippen LogP contribution in [-0.4, -0.2) is 36.0 Å². The van der Waals surface area contributed by atoms with Gasteiger partial charge < -0.3 is 4.90 Å². The number of nitrogens with one attached hydrogen (secondary N) is 1. The molecule has 112 valence electrons. The Bertz CT molecular complexity index is 534. The van der Waals surface area contributed by atoms with Gasteiger partial charge in [0.05, 0.1) is 6.21 Å². The number of carbonyl (C=O) groups is 2. The molecule has 0 aliphatic carbocycles. The maximum absolute atomic E-state index is 11.9. The summed E-state index contributed by atoms with van der Waals surface area (Å²) in [5, 5.41) is 4.42. The minimum Gasteiger partial charge on any atom is -0.334 e. The topological polar surface area (TPSA) is 61.8 Å². The highest BCUT2D eigenvalue weighted by Gasteiger charge is 2.25. The molecule has 1 heterocycles. The first-order valence-corrected chi connectivity index (χ1v) is 7.32. The summed E-state index contributed by atoms with van der Waals surface area (Å²) in [5.41, 5.74) is 3.05. The molecule has 1 N–H and O–H groups in total. The quantitative estimate of drug-likeness (QED) is 0.516. The zero-order valence-electron chi connectivity index (χ0n) is 11.9. The fraction of sp³-hybridized carbons (Fsp3) is 0.400. The number of likely N-dealkylation sites (tertiary alicyclic amines) is 1. The van der Waals surface area contributed by atoms with Gasteiger partial charge in [-0.25, -0.2) is 5.43 Å². The van der Waals surface area contributed by atoms with Crippen LogP contribution in [0.1, 0.15) is 25.3 Å². The molecule has 1 fully saturated rings. The average molecular weight is 308 g/mol. The highest BCUT2D eigenvalue weighted by atomic mass is 35.5. The van der Waals surface area contributed by atoms with Gasteiger partial charge in [-0.15, -0.1) is 0 Å². The Kier molecular flexibility index (Phi) is 5.33. The van der Waals surface area contributed by atoms with Crippen LogP contribution in [0, 0.1) is 5.92 Å². The molecular weight excluding hydrogens is 290 g/mol. The molecule has 0 spiro atoms. The van der Waals surface area contributed by atoms with E-state index in [0.29, 0.717) is 24.0 Å². The van der Waals surface area contributed by atoms with Gasteiger partial charge in [-0.3, -0.25) is 9.59 Å². The van der Waals surface area contributed by atoms with Gasteiger partial charge >= 0.3 is 11.8 Å². The van der Waals surface area contributed by atoms with E-state index < -0.39 is 11.8 Å². The number of benzene rings is 1. The first-order chi connectivity index (χ1) is 10.1. The Labute approximate surface area is 129 Å². The lowest BCUT2D eigenvalue weighted by Crippen LogP contribution is -2.45. The molecule has 0 radical (unpaired) electrons. The van der Waals surface area contributed by atoms with Crippen LogP contribution >= 0.6 is 11.6 Å². The summed E-state index contributed by atoms with van der Waals surface area (Å²) in [6.45, 7) is 3.42. The Morgan fingerprint density at radius 2 is 1.90 bits per heavy atom. The molecule has 5 nitrogen and oxygen atoms in total. The van der Waals surface area contributed by atoms with Crippen LogP contribution in [0.15, 0.2) is 29.4 Å². The van der Waals surface area contributed by atoms with E-state index in [4.69, 9.17) is 11.6 Å². The van der Waals surface area contributed by atoms with E-state index in [9.17, 15) is 9.59 Å². The Morgan fingerprint density at radius 3 is 2.52 bits per heavy atom. The molecule has 0 atom stereocenters. The number of amides is 2. The van der Waals surface area contributed by atoms with Crippen molar-refractivity contribution in [3.8, 4) is 0 Å². The fourth-order valence-electron chi connectivity index (χ4n) is 2.12. The van der Waals surface area contributed by atoms with E-state index >= 15 is 0 Å². The fourth-order valence-corrected chi connectivity index (χ4v) is 2.24. The van der Waals surface area contributed by atoms with E-state index in [1.54, 1.807) is 29.2 Å². The van der Waals surface area contributed by atoms with Gasteiger partial charge in [-0.2, -0.15) is 5.10 Å². The SMILES string of the molecule is CC1CCN(C(=O)C(=O)N/N=C/c2ccc(Cl)cc2)CC1. The molecule has 0 unspecified atom stereocenters. The lowest BCUT2D eigenvalue weighted by atomic mass is 9.99. The van der Waals surface area contributed by atoms with E-state index in [0.717, 1.165) is 18.4 Å². The Hall–Kier alpha value is -1.88. The molecule has 0 saturated carbocycles. The zero-order valence-corrected chi connectivity index (χ0v) is 12.6. The molecular formula is C15H18ClN3O2. The number of hydrogen-bond donors (Lipinski definition) is 1. The van der Waals surface area contributed by atoms with E-state index in [2.05, 4.69) is 17.5 Å². The van der Waals surface area contributed by atoms with Crippen LogP contribution in [0.4, 0.5) is 0 Å². The summed E-state index contributed by atoms with van der Waals surface area (Å²) in [5.74, 6) is -0.607. The van der Waals surface area contributed by atoms with Gasteiger partial charge in [0.15, 0.2) is 0 Å². The van der Waals surface area contributed by atoms with Crippen LogP contribution in [0.25, 0.3) is 0 Å². The number of piperidine rings is 1. The van der Waals surface area contributed by atoms with Gasteiger partial charge in [0.25, 0.3) is 0 Å². The summed E-state index contributed by atoms with van der Waals surface area (Å²) in [6.07, 6.45) is 3.35. The molecule has 0 bridgehead atoms. The number of halogens is 1. The monoisotopic (exact) mass is 307 g/mol. The summed E-state index contributed by atoms with van der Waals surface area (Å²) >= 11 is 5.77. The number of carbonyl (C=O) groups excluding carboxylic acids is 2. The summed E-state index contributed by atoms with van der Waals surface area (Å²) < 4.78 is 0. The molecule has 6 heteroatoms. The third-order valence-corrected chi connectivity index (χ3v) is 3.77.